The second kappa shape index (κ2) is 9.05. The lowest BCUT2D eigenvalue weighted by Crippen LogP contribution is -2.56. The van der Waals surface area contributed by atoms with Crippen LogP contribution in [0.2, 0.25) is 0 Å². The van der Waals surface area contributed by atoms with Gasteiger partial charge in [0.05, 0.1) is 6.10 Å². The average molecular weight is 387 g/mol. The zero-order valence-corrected chi connectivity index (χ0v) is 16.4. The highest BCUT2D eigenvalue weighted by Crippen LogP contribution is 2.53. The molecule has 4 bridgehead atoms. The van der Waals surface area contributed by atoms with Gasteiger partial charge in [-0.1, -0.05) is 30.3 Å². The molecule has 3 nitrogen and oxygen atoms in total. The van der Waals surface area contributed by atoms with E-state index in [1.807, 2.05) is 18.2 Å². The summed E-state index contributed by atoms with van der Waals surface area (Å²) in [6.07, 6.45) is 7.42. The molecule has 0 aliphatic heterocycles. The molecule has 0 spiro atoms. The lowest BCUT2D eigenvalue weighted by Gasteiger charge is -2.54. The molecule has 25 heavy (non-hydrogen) atoms. The normalized spacial score (nSPS) is 34.7. The van der Waals surface area contributed by atoms with Crippen molar-refractivity contribution >= 4 is 24.8 Å². The summed E-state index contributed by atoms with van der Waals surface area (Å²) in [6.45, 7) is 0.640. The van der Waals surface area contributed by atoms with E-state index in [9.17, 15) is 5.11 Å². The topological polar surface area (TPSA) is 58.3 Å². The van der Waals surface area contributed by atoms with Gasteiger partial charge in [0.15, 0.2) is 0 Å². The standard InChI is InChI=1S/C20H30N2O.2ClH/c21-18(11-13-4-2-1-3-5-13)19(23)12-22-20-16-7-14-6-15(9-16)10-17(20)8-14;;/h1-5,14-20,22-23H,6-12,21H2;2*1H/t14?,15?,16?,17?,18-,19+,20?;;/m0../s1. The van der Waals surface area contributed by atoms with Crippen molar-refractivity contribution in [3.63, 3.8) is 0 Å². The van der Waals surface area contributed by atoms with Gasteiger partial charge in [0.25, 0.3) is 0 Å². The highest BCUT2D eigenvalue weighted by atomic mass is 35.5. The van der Waals surface area contributed by atoms with E-state index >= 15 is 0 Å². The van der Waals surface area contributed by atoms with E-state index in [0.29, 0.717) is 12.6 Å². The first-order valence-corrected chi connectivity index (χ1v) is 9.40. The van der Waals surface area contributed by atoms with Crippen molar-refractivity contribution in [1.82, 2.24) is 5.32 Å². The van der Waals surface area contributed by atoms with Crippen LogP contribution in [0, 0.1) is 23.7 Å². The highest BCUT2D eigenvalue weighted by Gasteiger charge is 2.47. The van der Waals surface area contributed by atoms with Crippen molar-refractivity contribution in [1.29, 1.82) is 0 Å². The summed E-state index contributed by atoms with van der Waals surface area (Å²) in [4.78, 5) is 0. The predicted molar refractivity (Wildman–Crippen MR) is 107 cm³/mol. The van der Waals surface area contributed by atoms with E-state index in [0.717, 1.165) is 30.1 Å². The first-order chi connectivity index (χ1) is 11.2. The summed E-state index contributed by atoms with van der Waals surface area (Å²) >= 11 is 0. The van der Waals surface area contributed by atoms with Gasteiger partial charge < -0.3 is 16.2 Å². The summed E-state index contributed by atoms with van der Waals surface area (Å²) in [5.41, 5.74) is 7.42. The largest absolute Gasteiger partial charge is 0.390 e. The summed E-state index contributed by atoms with van der Waals surface area (Å²) in [5, 5.41) is 14.1. The van der Waals surface area contributed by atoms with Crippen LogP contribution in [0.3, 0.4) is 0 Å². The Kier molecular flexibility index (Phi) is 7.60. The Labute approximate surface area is 164 Å². The molecule has 4 N–H and O–H groups in total. The van der Waals surface area contributed by atoms with Crippen molar-refractivity contribution in [3.8, 4) is 0 Å². The Morgan fingerprint density at radius 1 is 0.960 bits per heavy atom. The van der Waals surface area contributed by atoms with Crippen molar-refractivity contribution in [2.45, 2.75) is 56.7 Å². The van der Waals surface area contributed by atoms with E-state index in [4.69, 9.17) is 5.73 Å². The van der Waals surface area contributed by atoms with Crippen LogP contribution in [0.1, 0.15) is 37.7 Å². The molecule has 142 valence electrons. The zero-order chi connectivity index (χ0) is 15.8. The molecule has 0 heterocycles. The number of aliphatic hydroxyl groups excluding tert-OH is 1. The molecule has 0 saturated heterocycles. The van der Waals surface area contributed by atoms with Gasteiger partial charge in [-0.15, -0.1) is 24.8 Å². The molecule has 0 radical (unpaired) electrons. The maximum Gasteiger partial charge on any atom is 0.0818 e. The summed E-state index contributed by atoms with van der Waals surface area (Å²) in [7, 11) is 0. The van der Waals surface area contributed by atoms with Gasteiger partial charge >= 0.3 is 0 Å². The first-order valence-electron chi connectivity index (χ1n) is 9.40. The smallest absolute Gasteiger partial charge is 0.0818 e. The van der Waals surface area contributed by atoms with Crippen molar-refractivity contribution in [2.24, 2.45) is 29.4 Å². The predicted octanol–water partition coefficient (Wildman–Crippen LogP) is 3.18. The van der Waals surface area contributed by atoms with E-state index in [1.54, 1.807) is 0 Å². The number of halogens is 2. The van der Waals surface area contributed by atoms with Crippen LogP contribution in [-0.2, 0) is 6.42 Å². The van der Waals surface area contributed by atoms with Gasteiger partial charge in [-0.3, -0.25) is 0 Å². The fourth-order valence-corrected chi connectivity index (χ4v) is 5.69. The maximum absolute atomic E-state index is 10.4. The fourth-order valence-electron chi connectivity index (χ4n) is 5.69. The summed E-state index contributed by atoms with van der Waals surface area (Å²) in [5.74, 6) is 3.70. The molecule has 1 aromatic rings. The van der Waals surface area contributed by atoms with E-state index in [-0.39, 0.29) is 30.9 Å². The van der Waals surface area contributed by atoms with Gasteiger partial charge in [0.1, 0.15) is 0 Å². The lowest BCUT2D eigenvalue weighted by atomic mass is 9.54. The molecular weight excluding hydrogens is 355 g/mol. The van der Waals surface area contributed by atoms with Crippen LogP contribution in [0.25, 0.3) is 0 Å². The van der Waals surface area contributed by atoms with E-state index in [1.165, 1.54) is 37.7 Å². The third kappa shape index (κ3) is 4.70. The Bertz CT molecular complexity index is 500. The molecule has 4 fully saturated rings. The first kappa shape index (κ1) is 21.0. The second-order valence-electron chi connectivity index (χ2n) is 8.29. The van der Waals surface area contributed by atoms with Crippen molar-refractivity contribution < 1.29 is 5.11 Å². The molecule has 1 aromatic carbocycles. The van der Waals surface area contributed by atoms with Crippen LogP contribution in [0.5, 0.6) is 0 Å². The number of aliphatic hydroxyl groups is 1. The number of nitrogens with one attached hydrogen (secondary N) is 1. The molecular formula is C20H32Cl2N2O. The minimum absolute atomic E-state index is 0. The van der Waals surface area contributed by atoms with Gasteiger partial charge in [-0.05, 0) is 67.8 Å². The molecule has 0 unspecified atom stereocenters. The number of hydrogen-bond acceptors (Lipinski definition) is 3. The van der Waals surface area contributed by atoms with Crippen LogP contribution >= 0.6 is 24.8 Å². The maximum atomic E-state index is 10.4. The monoisotopic (exact) mass is 386 g/mol. The number of nitrogens with two attached hydrogens (primary N) is 1. The molecule has 5 heteroatoms. The average Bonchev–Trinajstić information content (AvgIpc) is 2.54. The number of benzene rings is 1. The Morgan fingerprint density at radius 3 is 2.08 bits per heavy atom. The minimum atomic E-state index is -0.465. The van der Waals surface area contributed by atoms with Gasteiger partial charge in [-0.2, -0.15) is 0 Å². The molecule has 4 aliphatic rings. The van der Waals surface area contributed by atoms with Gasteiger partial charge in [0.2, 0.25) is 0 Å². The van der Waals surface area contributed by atoms with Gasteiger partial charge in [-0.25, -0.2) is 0 Å². The zero-order valence-electron chi connectivity index (χ0n) is 14.7. The van der Waals surface area contributed by atoms with Crippen LogP contribution in [0.15, 0.2) is 30.3 Å². The quantitative estimate of drug-likeness (QED) is 0.703. The lowest BCUT2D eigenvalue weighted by molar-refractivity contribution is -0.0181. The molecule has 5 rings (SSSR count). The van der Waals surface area contributed by atoms with E-state index in [2.05, 4.69) is 17.4 Å². The molecule has 0 aromatic heterocycles. The third-order valence-corrected chi connectivity index (χ3v) is 6.60. The summed E-state index contributed by atoms with van der Waals surface area (Å²) < 4.78 is 0. The van der Waals surface area contributed by atoms with Crippen molar-refractivity contribution in [3.05, 3.63) is 35.9 Å². The highest BCUT2D eigenvalue weighted by molar-refractivity contribution is 5.85. The second-order valence-corrected chi connectivity index (χ2v) is 8.29. The molecule has 4 saturated carbocycles. The Balaban J connectivity index is 0.00000113. The Hall–Kier alpha value is -0.320. The van der Waals surface area contributed by atoms with Crippen molar-refractivity contribution in [2.75, 3.05) is 6.54 Å². The molecule has 2 atom stereocenters. The molecule has 0 amide bonds. The number of hydrogen-bond donors (Lipinski definition) is 3. The Morgan fingerprint density at radius 2 is 1.52 bits per heavy atom. The van der Waals surface area contributed by atoms with E-state index < -0.39 is 6.10 Å². The van der Waals surface area contributed by atoms with Crippen LogP contribution in [0.4, 0.5) is 0 Å². The molecule has 4 aliphatic carbocycles. The SMILES string of the molecule is Cl.Cl.N[C@@H](Cc1ccccc1)[C@H](O)CNC1C2CC3CC(C2)CC1C3. The minimum Gasteiger partial charge on any atom is -0.390 e. The summed E-state index contributed by atoms with van der Waals surface area (Å²) in [6, 6.07) is 10.7. The number of rotatable bonds is 6. The fraction of sp³-hybridized carbons (Fsp3) is 0.700. The van der Waals surface area contributed by atoms with Gasteiger partial charge in [0, 0.05) is 18.6 Å². The van der Waals surface area contributed by atoms with Crippen LogP contribution < -0.4 is 11.1 Å². The third-order valence-electron chi connectivity index (χ3n) is 6.60. The van der Waals surface area contributed by atoms with Crippen LogP contribution in [-0.4, -0.2) is 29.8 Å².